The first-order valence-corrected chi connectivity index (χ1v) is 10.4. The fourth-order valence-electron chi connectivity index (χ4n) is 2.62. The van der Waals surface area contributed by atoms with Gasteiger partial charge in [-0.25, -0.2) is 14.8 Å². The number of H-pyrrole nitrogens is 1. The van der Waals surface area contributed by atoms with Crippen molar-refractivity contribution in [1.82, 2.24) is 9.97 Å². The van der Waals surface area contributed by atoms with E-state index in [0.29, 0.717) is 16.3 Å². The molecule has 1 atom stereocenters. The highest BCUT2D eigenvalue weighted by Crippen LogP contribution is 2.23. The quantitative estimate of drug-likeness (QED) is 0.448. The first-order valence-electron chi connectivity index (χ1n) is 9.52. The van der Waals surface area contributed by atoms with Crippen molar-refractivity contribution in [2.24, 2.45) is 4.99 Å². The number of hydrogen-bond donors (Lipinski definition) is 1. The number of carbonyl (C=O) groups is 2. The first-order chi connectivity index (χ1) is 14.2. The summed E-state index contributed by atoms with van der Waals surface area (Å²) in [6.45, 7) is 8.12. The van der Waals surface area contributed by atoms with Gasteiger partial charge in [-0.1, -0.05) is 45.9 Å². The number of aromatic nitrogens is 2. The van der Waals surface area contributed by atoms with Gasteiger partial charge in [-0.3, -0.25) is 4.79 Å². The number of rotatable bonds is 4. The van der Waals surface area contributed by atoms with Gasteiger partial charge in [-0.05, 0) is 6.07 Å². The Morgan fingerprint density at radius 3 is 2.63 bits per heavy atom. The van der Waals surface area contributed by atoms with Crippen molar-refractivity contribution in [2.75, 3.05) is 13.7 Å². The second kappa shape index (κ2) is 12.1. The Morgan fingerprint density at radius 2 is 1.93 bits per heavy atom. The number of methoxy groups -OCH3 is 1. The number of ketones is 1. The van der Waals surface area contributed by atoms with Crippen molar-refractivity contribution < 1.29 is 20.5 Å². The molecule has 0 saturated heterocycles. The third-order valence-corrected chi connectivity index (χ3v) is 4.72. The van der Waals surface area contributed by atoms with Crippen LogP contribution in [0.3, 0.4) is 0 Å². The highest BCUT2D eigenvalue weighted by atomic mass is 35.5. The molecule has 1 aliphatic rings. The van der Waals surface area contributed by atoms with Crippen LogP contribution in [0.15, 0.2) is 40.8 Å². The van der Waals surface area contributed by atoms with Crippen molar-refractivity contribution in [3.8, 4) is 0 Å². The maximum Gasteiger partial charge on any atom is 0.334 e. The summed E-state index contributed by atoms with van der Waals surface area (Å²) in [4.78, 5) is 35.8. The van der Waals surface area contributed by atoms with Crippen LogP contribution in [0.5, 0.6) is 0 Å². The predicted octanol–water partition coefficient (Wildman–Crippen LogP) is 4.89. The molecule has 3 heterocycles. The summed E-state index contributed by atoms with van der Waals surface area (Å²) in [7, 11) is 1.30. The minimum absolute atomic E-state index is 0. The summed E-state index contributed by atoms with van der Waals surface area (Å²) < 4.78 is 10.1. The molecule has 0 fully saturated rings. The van der Waals surface area contributed by atoms with E-state index in [2.05, 4.69) is 19.7 Å². The number of fused-ring (bicyclic) bond motifs is 1. The van der Waals surface area contributed by atoms with Gasteiger partial charge in [0.25, 0.3) is 0 Å². The maximum atomic E-state index is 12.7. The van der Waals surface area contributed by atoms with Crippen molar-refractivity contribution in [3.63, 3.8) is 0 Å². The number of carbonyl (C=O) groups excluding carboxylic acids is 2. The molecule has 0 aliphatic carbocycles. The third kappa shape index (κ3) is 5.25. The Balaban J connectivity index is 0.00000142. The SMILES string of the molecule is CC.CC.COC(=O)[C@@H]1COC(c2csc(C(=O)c3c[nH]c4ccccc34)n2)=N1.Cl.[HH]. The first kappa shape index (κ1) is 25.3. The van der Waals surface area contributed by atoms with E-state index >= 15 is 0 Å². The van der Waals surface area contributed by atoms with Gasteiger partial charge in [0, 0.05) is 23.9 Å². The molecule has 0 saturated carbocycles. The van der Waals surface area contributed by atoms with E-state index in [0.717, 1.165) is 10.9 Å². The lowest BCUT2D eigenvalue weighted by atomic mass is 10.1. The number of aliphatic imine (C=N–C) groups is 1. The number of hydrogen-bond acceptors (Lipinski definition) is 7. The monoisotopic (exact) mass is 453 g/mol. The standard InChI is InChI=1S/C17H13N3O4S.2C2H6.ClH.H2/c1-23-17(22)12-7-24-15(19-12)13-8-25-16(20-13)14(21)10-6-18-11-5-3-2-4-9(10)11;2*1-2;;/h2-6,8,12,18H,7H2,1H3;2*1-2H3;2*1H/t12-;;;;/m0..../s1. The normalized spacial score (nSPS) is 14.2. The van der Waals surface area contributed by atoms with Gasteiger partial charge in [0.1, 0.15) is 12.3 Å². The summed E-state index contributed by atoms with van der Waals surface area (Å²) in [5, 5.41) is 2.89. The Kier molecular flexibility index (Phi) is 10.2. The molecule has 1 N–H and O–H groups in total. The Labute approximate surface area is 187 Å². The van der Waals surface area contributed by atoms with Crippen LogP contribution in [0.4, 0.5) is 0 Å². The molecular formula is C21H28ClN3O4S. The zero-order valence-corrected chi connectivity index (χ0v) is 19.2. The van der Waals surface area contributed by atoms with Crippen LogP contribution in [-0.2, 0) is 14.3 Å². The van der Waals surface area contributed by atoms with E-state index < -0.39 is 12.0 Å². The van der Waals surface area contributed by atoms with Gasteiger partial charge in [0.15, 0.2) is 11.0 Å². The lowest BCUT2D eigenvalue weighted by molar-refractivity contribution is -0.142. The van der Waals surface area contributed by atoms with Crippen molar-refractivity contribution >= 4 is 52.3 Å². The summed E-state index contributed by atoms with van der Waals surface area (Å²) in [6.07, 6.45) is 1.69. The topological polar surface area (TPSA) is 93.6 Å². The molecule has 0 amide bonds. The van der Waals surface area contributed by atoms with Gasteiger partial charge >= 0.3 is 5.97 Å². The highest BCUT2D eigenvalue weighted by molar-refractivity contribution is 7.12. The second-order valence-corrected chi connectivity index (χ2v) is 6.26. The average Bonchev–Trinajstić information content (AvgIpc) is 3.54. The Bertz CT molecular complexity index is 1020. The molecule has 3 aromatic rings. The zero-order valence-electron chi connectivity index (χ0n) is 17.6. The lowest BCUT2D eigenvalue weighted by Gasteiger charge is -2.00. The summed E-state index contributed by atoms with van der Waals surface area (Å²) in [5.74, 6) is -0.373. The molecule has 9 heteroatoms. The molecule has 1 aromatic carbocycles. The summed E-state index contributed by atoms with van der Waals surface area (Å²) >= 11 is 1.22. The Hall–Kier alpha value is -2.71. The molecule has 0 spiro atoms. The third-order valence-electron chi connectivity index (χ3n) is 3.88. The summed E-state index contributed by atoms with van der Waals surface area (Å²) in [5.41, 5.74) is 1.91. The van der Waals surface area contributed by atoms with Crippen molar-refractivity contribution in [1.29, 1.82) is 0 Å². The molecule has 1 aliphatic heterocycles. The number of benzene rings is 1. The highest BCUT2D eigenvalue weighted by Gasteiger charge is 2.29. The van der Waals surface area contributed by atoms with Crippen LogP contribution in [0.2, 0.25) is 0 Å². The van der Waals surface area contributed by atoms with Crippen LogP contribution in [0.25, 0.3) is 10.9 Å². The fraction of sp³-hybridized carbons (Fsp3) is 0.333. The predicted molar refractivity (Wildman–Crippen MR) is 124 cm³/mol. The molecule has 0 bridgehead atoms. The van der Waals surface area contributed by atoms with Gasteiger partial charge in [-0.2, -0.15) is 0 Å². The Morgan fingerprint density at radius 1 is 1.23 bits per heavy atom. The molecular weight excluding hydrogens is 426 g/mol. The molecule has 0 unspecified atom stereocenters. The molecule has 30 heavy (non-hydrogen) atoms. The van der Waals surface area contributed by atoms with E-state index in [1.165, 1.54) is 18.4 Å². The smallest absolute Gasteiger partial charge is 0.334 e. The minimum atomic E-state index is -0.686. The molecule has 164 valence electrons. The number of esters is 1. The number of nitrogens with one attached hydrogen (secondary N) is 1. The van der Waals surface area contributed by atoms with Crippen molar-refractivity contribution in [3.05, 3.63) is 52.1 Å². The largest absolute Gasteiger partial charge is 0.473 e. The number of aromatic amines is 1. The second-order valence-electron chi connectivity index (χ2n) is 5.40. The van der Waals surface area contributed by atoms with E-state index in [1.807, 2.05) is 52.0 Å². The molecule has 2 aromatic heterocycles. The van der Waals surface area contributed by atoms with Crippen LogP contribution >= 0.6 is 23.7 Å². The average molecular weight is 454 g/mol. The molecule has 0 radical (unpaired) electrons. The number of nitrogens with zero attached hydrogens (tertiary/aromatic N) is 2. The van der Waals surface area contributed by atoms with E-state index in [-0.39, 0.29) is 32.1 Å². The van der Waals surface area contributed by atoms with Gasteiger partial charge < -0.3 is 14.5 Å². The molecule has 4 rings (SSSR count). The van der Waals surface area contributed by atoms with Crippen LogP contribution in [0, 0.1) is 0 Å². The zero-order chi connectivity index (χ0) is 21.4. The van der Waals surface area contributed by atoms with Crippen LogP contribution in [-0.4, -0.2) is 47.4 Å². The summed E-state index contributed by atoms with van der Waals surface area (Å²) in [6, 6.07) is 6.90. The number of para-hydroxylation sites is 1. The lowest BCUT2D eigenvalue weighted by Crippen LogP contribution is -2.21. The molecule has 7 nitrogen and oxygen atoms in total. The van der Waals surface area contributed by atoms with E-state index in [1.54, 1.807) is 11.6 Å². The van der Waals surface area contributed by atoms with Gasteiger partial charge in [-0.15, -0.1) is 23.7 Å². The number of halogens is 1. The number of ether oxygens (including phenoxy) is 2. The van der Waals surface area contributed by atoms with E-state index in [9.17, 15) is 9.59 Å². The maximum absolute atomic E-state index is 12.7. The van der Waals surface area contributed by atoms with Gasteiger partial charge in [0.2, 0.25) is 11.7 Å². The van der Waals surface area contributed by atoms with E-state index in [4.69, 9.17) is 4.74 Å². The van der Waals surface area contributed by atoms with Crippen LogP contribution < -0.4 is 0 Å². The van der Waals surface area contributed by atoms with Crippen LogP contribution in [0.1, 0.15) is 50.2 Å². The van der Waals surface area contributed by atoms with Crippen molar-refractivity contribution in [2.45, 2.75) is 33.7 Å². The fourth-order valence-corrected chi connectivity index (χ4v) is 3.37. The number of thiazole rings is 1. The minimum Gasteiger partial charge on any atom is -0.473 e. The van der Waals surface area contributed by atoms with Gasteiger partial charge in [0.05, 0.1) is 12.7 Å².